The number of sulfonamides is 2. The first-order valence-electron chi connectivity index (χ1n) is 8.20. The summed E-state index contributed by atoms with van der Waals surface area (Å²) in [7, 11) is -4.85. The molecule has 0 unspecified atom stereocenters. The number of nitrogens with zero attached hydrogens (tertiary/aromatic N) is 3. The van der Waals surface area contributed by atoms with Crippen molar-refractivity contribution in [2.45, 2.75) is 16.3 Å². The average Bonchev–Trinajstić information content (AvgIpc) is 3.16. The van der Waals surface area contributed by atoms with Crippen LogP contribution >= 0.6 is 0 Å². The molecule has 0 aliphatic carbocycles. The van der Waals surface area contributed by atoms with Crippen molar-refractivity contribution < 1.29 is 25.7 Å². The molecule has 12 heteroatoms. The Kier molecular flexibility index (Phi) is 5.80. The van der Waals surface area contributed by atoms with Crippen LogP contribution in [-0.4, -0.2) is 45.4 Å². The van der Waals surface area contributed by atoms with Crippen LogP contribution in [0.15, 0.2) is 62.8 Å². The number of benzene rings is 2. The van der Waals surface area contributed by atoms with Crippen LogP contribution in [0.25, 0.3) is 11.5 Å². The van der Waals surface area contributed by atoms with Crippen LogP contribution in [-0.2, 0) is 26.6 Å². The molecule has 0 saturated heterocycles. The molecule has 0 bridgehead atoms. The molecule has 0 amide bonds. The van der Waals surface area contributed by atoms with Crippen molar-refractivity contribution in [3.63, 3.8) is 0 Å². The third-order valence-electron chi connectivity index (χ3n) is 3.87. The Hall–Kier alpha value is -2.67. The third kappa shape index (κ3) is 4.67. The third-order valence-corrected chi connectivity index (χ3v) is 7.12. The highest BCUT2D eigenvalue weighted by atomic mass is 32.2. The van der Waals surface area contributed by atoms with Crippen LogP contribution in [0.1, 0.15) is 5.82 Å². The van der Waals surface area contributed by atoms with Gasteiger partial charge in [0.15, 0.2) is 5.82 Å². The molecule has 0 radical (unpaired) electrons. The molecule has 0 aliphatic heterocycles. The van der Waals surface area contributed by atoms with E-state index in [4.69, 9.17) is 4.52 Å². The van der Waals surface area contributed by atoms with Crippen molar-refractivity contribution in [3.8, 4) is 11.5 Å². The molecular weight excluding hydrogens is 423 g/mol. The Morgan fingerprint density at radius 3 is 2.31 bits per heavy atom. The van der Waals surface area contributed by atoms with Gasteiger partial charge in [-0.1, -0.05) is 11.2 Å². The van der Waals surface area contributed by atoms with Gasteiger partial charge in [0.25, 0.3) is 5.89 Å². The second-order valence-corrected chi connectivity index (χ2v) is 10.0. The highest BCUT2D eigenvalue weighted by Gasteiger charge is 2.20. The lowest BCUT2D eigenvalue weighted by Crippen LogP contribution is -2.24. The van der Waals surface area contributed by atoms with Crippen LogP contribution < -0.4 is 4.72 Å². The monoisotopic (exact) mass is 440 g/mol. The molecule has 3 rings (SSSR count). The maximum absolute atomic E-state index is 13.3. The minimum absolute atomic E-state index is 0.0284. The molecule has 0 saturated carbocycles. The van der Waals surface area contributed by atoms with E-state index in [-0.39, 0.29) is 28.1 Å². The minimum atomic E-state index is -3.94. The van der Waals surface area contributed by atoms with E-state index in [2.05, 4.69) is 14.9 Å². The summed E-state index contributed by atoms with van der Waals surface area (Å²) in [6.45, 7) is -0.265. The van der Waals surface area contributed by atoms with E-state index in [1.165, 1.54) is 56.6 Å². The smallest absolute Gasteiger partial charge is 0.258 e. The highest BCUT2D eigenvalue weighted by molar-refractivity contribution is 7.89. The van der Waals surface area contributed by atoms with Crippen LogP contribution in [0, 0.1) is 5.82 Å². The summed E-state index contributed by atoms with van der Waals surface area (Å²) in [4.78, 5) is 3.88. The summed E-state index contributed by atoms with van der Waals surface area (Å²) in [5.41, 5.74) is 0.365. The fourth-order valence-electron chi connectivity index (χ4n) is 2.31. The highest BCUT2D eigenvalue weighted by Crippen LogP contribution is 2.19. The van der Waals surface area contributed by atoms with E-state index < -0.39 is 25.9 Å². The van der Waals surface area contributed by atoms with Gasteiger partial charge in [0.1, 0.15) is 5.82 Å². The summed E-state index contributed by atoms with van der Waals surface area (Å²) < 4.78 is 70.6. The number of aromatic nitrogens is 2. The van der Waals surface area contributed by atoms with Crippen LogP contribution in [0.3, 0.4) is 0 Å². The second-order valence-electron chi connectivity index (χ2n) is 6.11. The van der Waals surface area contributed by atoms with E-state index in [1.54, 1.807) is 6.07 Å². The molecule has 1 heterocycles. The maximum Gasteiger partial charge on any atom is 0.258 e. The van der Waals surface area contributed by atoms with Gasteiger partial charge in [0.2, 0.25) is 20.0 Å². The number of hydrogen-bond acceptors (Lipinski definition) is 7. The van der Waals surface area contributed by atoms with Crippen molar-refractivity contribution in [1.29, 1.82) is 0 Å². The molecule has 1 aromatic heterocycles. The number of rotatable bonds is 7. The number of halogens is 1. The molecule has 29 heavy (non-hydrogen) atoms. The van der Waals surface area contributed by atoms with Crippen molar-refractivity contribution in [1.82, 2.24) is 19.2 Å². The van der Waals surface area contributed by atoms with Gasteiger partial charge >= 0.3 is 0 Å². The zero-order chi connectivity index (χ0) is 21.2. The maximum atomic E-state index is 13.3. The molecular formula is C17H17FN4O5S2. The molecule has 2 aromatic carbocycles. The number of nitrogens with one attached hydrogen (secondary N) is 1. The summed E-state index contributed by atoms with van der Waals surface area (Å²) in [6, 6.07) is 10.3. The fourth-order valence-corrected chi connectivity index (χ4v) is 4.19. The molecule has 0 fully saturated rings. The SMILES string of the molecule is CN(C)S(=O)(=O)c1ccc(S(=O)(=O)NCc2noc(-c3cccc(F)c3)n2)cc1. The first-order chi connectivity index (χ1) is 13.6. The molecule has 3 aromatic rings. The average molecular weight is 440 g/mol. The quantitative estimate of drug-likeness (QED) is 0.592. The standard InChI is InChI=1S/C17H17FN4O5S2/c1-22(2)29(25,26)15-8-6-14(7-9-15)28(23,24)19-11-16-20-17(27-21-16)12-4-3-5-13(18)10-12/h3-10,19H,11H2,1-2H3. The van der Waals surface area contributed by atoms with Gasteiger partial charge < -0.3 is 4.52 Å². The van der Waals surface area contributed by atoms with E-state index in [9.17, 15) is 21.2 Å². The topological polar surface area (TPSA) is 122 Å². The van der Waals surface area contributed by atoms with E-state index in [1.807, 2.05) is 0 Å². The van der Waals surface area contributed by atoms with Gasteiger partial charge in [-0.2, -0.15) is 4.98 Å². The molecule has 0 atom stereocenters. The fraction of sp³-hybridized carbons (Fsp3) is 0.176. The predicted molar refractivity (Wildman–Crippen MR) is 101 cm³/mol. The Labute approximate surface area is 167 Å². The first kappa shape index (κ1) is 21.0. The van der Waals surface area contributed by atoms with Crippen molar-refractivity contribution in [3.05, 3.63) is 60.2 Å². The lowest BCUT2D eigenvalue weighted by molar-refractivity contribution is 0.421. The lowest BCUT2D eigenvalue weighted by Gasteiger charge is -2.11. The molecule has 0 spiro atoms. The normalized spacial score (nSPS) is 12.4. The van der Waals surface area contributed by atoms with Gasteiger partial charge in [-0.3, -0.25) is 0 Å². The summed E-state index contributed by atoms with van der Waals surface area (Å²) in [5.74, 6) is -0.362. The van der Waals surface area contributed by atoms with Crippen molar-refractivity contribution in [2.75, 3.05) is 14.1 Å². The van der Waals surface area contributed by atoms with Gasteiger partial charge in [-0.05, 0) is 42.5 Å². The largest absolute Gasteiger partial charge is 0.334 e. The minimum Gasteiger partial charge on any atom is -0.334 e. The zero-order valence-electron chi connectivity index (χ0n) is 15.4. The Morgan fingerprint density at radius 1 is 1.03 bits per heavy atom. The zero-order valence-corrected chi connectivity index (χ0v) is 17.0. The van der Waals surface area contributed by atoms with E-state index in [0.29, 0.717) is 5.56 Å². The Bertz CT molecular complexity index is 1220. The van der Waals surface area contributed by atoms with Crippen LogP contribution in [0.5, 0.6) is 0 Å². The van der Waals surface area contributed by atoms with Gasteiger partial charge in [0.05, 0.1) is 16.3 Å². The van der Waals surface area contributed by atoms with Crippen molar-refractivity contribution in [2.24, 2.45) is 0 Å². The van der Waals surface area contributed by atoms with Gasteiger partial charge in [0, 0.05) is 19.7 Å². The van der Waals surface area contributed by atoms with E-state index in [0.717, 1.165) is 4.31 Å². The Morgan fingerprint density at radius 2 is 1.69 bits per heavy atom. The summed E-state index contributed by atoms with van der Waals surface area (Å²) in [6.07, 6.45) is 0. The van der Waals surface area contributed by atoms with Crippen molar-refractivity contribution >= 4 is 20.0 Å². The van der Waals surface area contributed by atoms with Gasteiger partial charge in [-0.25, -0.2) is 30.3 Å². The summed E-state index contributed by atoms with van der Waals surface area (Å²) >= 11 is 0. The molecule has 9 nitrogen and oxygen atoms in total. The lowest BCUT2D eigenvalue weighted by atomic mass is 10.2. The van der Waals surface area contributed by atoms with Crippen LogP contribution in [0.4, 0.5) is 4.39 Å². The first-order valence-corrected chi connectivity index (χ1v) is 11.1. The van der Waals surface area contributed by atoms with Crippen LogP contribution in [0.2, 0.25) is 0 Å². The Balaban J connectivity index is 1.72. The molecule has 154 valence electrons. The summed E-state index contributed by atoms with van der Waals surface area (Å²) in [5, 5.41) is 3.66. The van der Waals surface area contributed by atoms with Gasteiger partial charge in [-0.15, -0.1) is 0 Å². The molecule has 1 N–H and O–H groups in total. The van der Waals surface area contributed by atoms with E-state index >= 15 is 0 Å². The second kappa shape index (κ2) is 7.99. The predicted octanol–water partition coefficient (Wildman–Crippen LogP) is 1.60. The number of hydrogen-bond donors (Lipinski definition) is 1. The molecule has 0 aliphatic rings.